The Kier molecular flexibility index (Phi) is 3.60. The van der Waals surface area contributed by atoms with Gasteiger partial charge in [0.1, 0.15) is 0 Å². The summed E-state index contributed by atoms with van der Waals surface area (Å²) in [4.78, 5) is 16.4. The maximum Gasteiger partial charge on any atom is 0.293 e. The highest BCUT2D eigenvalue weighted by Gasteiger charge is 2.46. The van der Waals surface area contributed by atoms with Crippen LogP contribution in [0, 0.1) is 5.92 Å². The summed E-state index contributed by atoms with van der Waals surface area (Å²) in [5, 5.41) is 2.72. The zero-order chi connectivity index (χ0) is 14.0. The molecule has 1 aromatic rings. The van der Waals surface area contributed by atoms with E-state index in [0.29, 0.717) is 6.02 Å². The summed E-state index contributed by atoms with van der Waals surface area (Å²) >= 11 is 0. The van der Waals surface area contributed by atoms with Gasteiger partial charge in [-0.05, 0) is 19.4 Å². The smallest absolute Gasteiger partial charge is 0.293 e. The van der Waals surface area contributed by atoms with Crippen LogP contribution in [0.5, 0.6) is 0 Å². The zero-order valence-corrected chi connectivity index (χ0v) is 11.8. The van der Waals surface area contributed by atoms with Gasteiger partial charge in [-0.2, -0.15) is 0 Å². The molecule has 1 heterocycles. The van der Waals surface area contributed by atoms with Crippen molar-refractivity contribution in [3.05, 3.63) is 35.9 Å². The van der Waals surface area contributed by atoms with Gasteiger partial charge in [-0.3, -0.25) is 10.1 Å². The van der Waals surface area contributed by atoms with E-state index in [4.69, 9.17) is 4.74 Å². The third kappa shape index (κ3) is 2.62. The first-order chi connectivity index (χ1) is 8.93. The number of carbonyl (C=O) groups excluding carboxylic acids is 1. The number of benzene rings is 1. The van der Waals surface area contributed by atoms with Gasteiger partial charge in [0.05, 0.1) is 6.04 Å². The Morgan fingerprint density at radius 2 is 1.84 bits per heavy atom. The van der Waals surface area contributed by atoms with Crippen molar-refractivity contribution in [3.63, 3.8) is 0 Å². The molecule has 0 spiro atoms. The second kappa shape index (κ2) is 5.03. The van der Waals surface area contributed by atoms with Crippen molar-refractivity contribution in [1.29, 1.82) is 0 Å². The Morgan fingerprint density at radius 3 is 2.37 bits per heavy atom. The number of amides is 1. The molecule has 4 heteroatoms. The Hall–Kier alpha value is -1.84. The molecule has 0 bridgehead atoms. The van der Waals surface area contributed by atoms with Crippen molar-refractivity contribution < 1.29 is 9.53 Å². The van der Waals surface area contributed by atoms with E-state index < -0.39 is 5.60 Å². The molecular formula is C15H20N2O2. The molecule has 0 radical (unpaired) electrons. The van der Waals surface area contributed by atoms with E-state index >= 15 is 0 Å². The van der Waals surface area contributed by atoms with Crippen LogP contribution in [0.25, 0.3) is 0 Å². The average Bonchev–Trinajstić information content (AvgIpc) is 2.67. The number of carbonyl (C=O) groups is 1. The molecule has 0 aromatic heterocycles. The van der Waals surface area contributed by atoms with E-state index in [-0.39, 0.29) is 17.9 Å². The van der Waals surface area contributed by atoms with Crippen molar-refractivity contribution in [2.24, 2.45) is 10.9 Å². The lowest BCUT2D eigenvalue weighted by atomic mass is 9.92. The number of nitrogens with zero attached hydrogens (tertiary/aromatic N) is 1. The molecule has 0 aliphatic carbocycles. The number of amidine groups is 1. The quantitative estimate of drug-likeness (QED) is 0.908. The Balaban J connectivity index is 2.17. The first-order valence-corrected chi connectivity index (χ1v) is 6.56. The van der Waals surface area contributed by atoms with Crippen LogP contribution in [0.15, 0.2) is 35.3 Å². The fourth-order valence-corrected chi connectivity index (χ4v) is 1.91. The van der Waals surface area contributed by atoms with Crippen LogP contribution in [-0.4, -0.2) is 17.5 Å². The van der Waals surface area contributed by atoms with E-state index in [1.807, 2.05) is 51.1 Å². The normalized spacial score (nSPS) is 26.4. The molecule has 1 aromatic carbocycles. The van der Waals surface area contributed by atoms with Gasteiger partial charge in [-0.1, -0.05) is 44.2 Å². The minimum absolute atomic E-state index is 0.0500. The lowest BCUT2D eigenvalue weighted by Gasteiger charge is -2.23. The first kappa shape index (κ1) is 13.6. The fraction of sp³-hybridized carbons (Fsp3) is 0.467. The lowest BCUT2D eigenvalue weighted by Crippen LogP contribution is -2.40. The molecule has 1 aliphatic rings. The number of ether oxygens (including phenoxy) is 1. The van der Waals surface area contributed by atoms with Crippen molar-refractivity contribution in [2.75, 3.05) is 0 Å². The molecule has 1 amide bonds. The molecule has 2 rings (SSSR count). The van der Waals surface area contributed by atoms with Crippen LogP contribution in [0.3, 0.4) is 0 Å². The minimum atomic E-state index is -0.824. The SMILES string of the molecule is CC(C)C1(C)OC(=N[C@@H](C)c2ccccc2)NC1=O. The Labute approximate surface area is 113 Å². The third-order valence-electron chi connectivity index (χ3n) is 3.67. The zero-order valence-electron chi connectivity index (χ0n) is 11.8. The van der Waals surface area contributed by atoms with Crippen LogP contribution in [0.1, 0.15) is 39.3 Å². The van der Waals surface area contributed by atoms with Gasteiger partial charge in [0.2, 0.25) is 0 Å². The summed E-state index contributed by atoms with van der Waals surface area (Å²) in [7, 11) is 0. The second-order valence-electron chi connectivity index (χ2n) is 5.34. The lowest BCUT2D eigenvalue weighted by molar-refractivity contribution is -0.132. The third-order valence-corrected chi connectivity index (χ3v) is 3.67. The monoisotopic (exact) mass is 260 g/mol. The van der Waals surface area contributed by atoms with E-state index in [0.717, 1.165) is 5.56 Å². The second-order valence-corrected chi connectivity index (χ2v) is 5.34. The van der Waals surface area contributed by atoms with E-state index in [1.165, 1.54) is 0 Å². The fourth-order valence-electron chi connectivity index (χ4n) is 1.91. The number of hydrogen-bond donors (Lipinski definition) is 1. The molecule has 1 fully saturated rings. The van der Waals surface area contributed by atoms with Gasteiger partial charge in [0, 0.05) is 5.92 Å². The molecule has 19 heavy (non-hydrogen) atoms. The highest BCUT2D eigenvalue weighted by molar-refractivity contribution is 6.04. The standard InChI is InChI=1S/C15H20N2O2/c1-10(2)15(4)13(18)17-14(19-15)16-11(3)12-8-6-5-7-9-12/h5-11H,1-4H3,(H,16,17,18)/t11-,15?/m0/s1. The predicted molar refractivity (Wildman–Crippen MR) is 74.8 cm³/mol. The summed E-state index contributed by atoms with van der Waals surface area (Å²) in [6.45, 7) is 7.69. The largest absolute Gasteiger partial charge is 0.448 e. The summed E-state index contributed by atoms with van der Waals surface area (Å²) in [5.41, 5.74) is 0.265. The summed E-state index contributed by atoms with van der Waals surface area (Å²) < 4.78 is 5.70. The minimum Gasteiger partial charge on any atom is -0.448 e. The van der Waals surface area contributed by atoms with Crippen molar-refractivity contribution in [1.82, 2.24) is 5.32 Å². The maximum atomic E-state index is 11.9. The summed E-state index contributed by atoms with van der Waals surface area (Å²) in [5.74, 6) is -0.0336. The highest BCUT2D eigenvalue weighted by atomic mass is 16.5. The van der Waals surface area contributed by atoms with Gasteiger partial charge >= 0.3 is 0 Å². The molecule has 1 saturated heterocycles. The van der Waals surface area contributed by atoms with Crippen LogP contribution in [-0.2, 0) is 9.53 Å². The number of hydrogen-bond acceptors (Lipinski definition) is 3. The van der Waals surface area contributed by atoms with Crippen molar-refractivity contribution in [3.8, 4) is 0 Å². The maximum absolute atomic E-state index is 11.9. The van der Waals surface area contributed by atoms with Gasteiger partial charge in [0.15, 0.2) is 5.60 Å². The van der Waals surface area contributed by atoms with Crippen LogP contribution in [0.4, 0.5) is 0 Å². The van der Waals surface area contributed by atoms with Gasteiger partial charge in [-0.25, -0.2) is 4.99 Å². The topological polar surface area (TPSA) is 50.7 Å². The molecule has 1 aliphatic heterocycles. The van der Waals surface area contributed by atoms with Crippen molar-refractivity contribution >= 4 is 11.9 Å². The molecule has 1 N–H and O–H groups in total. The number of rotatable bonds is 3. The number of aliphatic imine (C=N–C) groups is 1. The predicted octanol–water partition coefficient (Wildman–Crippen LogP) is 2.66. The number of nitrogens with one attached hydrogen (secondary N) is 1. The summed E-state index contributed by atoms with van der Waals surface area (Å²) in [6, 6.07) is 10.2. The van der Waals surface area contributed by atoms with Crippen LogP contribution < -0.4 is 5.32 Å². The highest BCUT2D eigenvalue weighted by Crippen LogP contribution is 2.27. The van der Waals surface area contributed by atoms with Crippen LogP contribution >= 0.6 is 0 Å². The Morgan fingerprint density at radius 1 is 1.21 bits per heavy atom. The van der Waals surface area contributed by atoms with Gasteiger partial charge < -0.3 is 4.74 Å². The Bertz CT molecular complexity index is 496. The molecule has 2 atom stereocenters. The molecule has 1 unspecified atom stereocenters. The van der Waals surface area contributed by atoms with Gasteiger partial charge in [-0.15, -0.1) is 0 Å². The van der Waals surface area contributed by atoms with Gasteiger partial charge in [0.25, 0.3) is 11.9 Å². The molecule has 102 valence electrons. The van der Waals surface area contributed by atoms with E-state index in [9.17, 15) is 4.79 Å². The van der Waals surface area contributed by atoms with Crippen molar-refractivity contribution in [2.45, 2.75) is 39.3 Å². The van der Waals surface area contributed by atoms with E-state index in [1.54, 1.807) is 6.92 Å². The molecule has 0 saturated carbocycles. The summed E-state index contributed by atoms with van der Waals surface area (Å²) in [6.07, 6.45) is 0. The van der Waals surface area contributed by atoms with Crippen LogP contribution in [0.2, 0.25) is 0 Å². The first-order valence-electron chi connectivity index (χ1n) is 6.56. The average molecular weight is 260 g/mol. The molecule has 4 nitrogen and oxygen atoms in total. The molecular weight excluding hydrogens is 240 g/mol. The van der Waals surface area contributed by atoms with E-state index in [2.05, 4.69) is 10.3 Å².